The first-order valence-corrected chi connectivity index (χ1v) is 8.44. The number of alkyl halides is 2. The molecule has 2 aromatic carbocycles. The van der Waals surface area contributed by atoms with Crippen molar-refractivity contribution in [3.05, 3.63) is 59.7 Å². The molecule has 0 saturated carbocycles. The van der Waals surface area contributed by atoms with Gasteiger partial charge >= 0.3 is 29.6 Å². The first-order valence-electron chi connectivity index (χ1n) is 7.37. The number of halogens is 2. The fourth-order valence-electron chi connectivity index (χ4n) is 1.78. The van der Waals surface area contributed by atoms with Crippen LogP contribution >= 0.6 is 23.2 Å². The summed E-state index contributed by atoms with van der Waals surface area (Å²) in [5.74, 6) is 2.18. The van der Waals surface area contributed by atoms with Gasteiger partial charge in [-0.25, -0.2) is 0 Å². The monoisotopic (exact) mass is 405 g/mol. The Morgan fingerprint density at radius 1 is 0.923 bits per heavy atom. The molecule has 2 rings (SSSR count). The van der Waals surface area contributed by atoms with Crippen molar-refractivity contribution < 1.29 is 50.4 Å². The van der Waals surface area contributed by atoms with Gasteiger partial charge < -0.3 is 16.0 Å². The van der Waals surface area contributed by atoms with Crippen LogP contribution in [0.25, 0.3) is 0 Å². The minimum Gasteiger partial charge on any atom is -1.00 e. The van der Waals surface area contributed by atoms with E-state index in [0.717, 1.165) is 11.8 Å². The third kappa shape index (κ3) is 10.5. The molecule has 0 bridgehead atoms. The third-order valence-corrected chi connectivity index (χ3v) is 3.17. The summed E-state index contributed by atoms with van der Waals surface area (Å²) in [7, 11) is 0. The van der Waals surface area contributed by atoms with Crippen LogP contribution in [0.5, 0.6) is 11.5 Å². The maximum Gasteiger partial charge on any atom is 1.00 e. The van der Waals surface area contributed by atoms with Crippen molar-refractivity contribution in [2.45, 2.75) is 6.61 Å². The minimum absolute atomic E-state index is 0. The molecule has 135 valence electrons. The summed E-state index contributed by atoms with van der Waals surface area (Å²) in [6.45, 7) is 0.892. The Balaban J connectivity index is -0.000000384. The first kappa shape index (κ1) is 27.5. The Morgan fingerprint density at radius 3 is 1.96 bits per heavy atom. The molecule has 4 nitrogen and oxygen atoms in total. The van der Waals surface area contributed by atoms with Gasteiger partial charge in [0, 0.05) is 14.0 Å². The van der Waals surface area contributed by atoms with Crippen molar-refractivity contribution in [2.24, 2.45) is 0 Å². The van der Waals surface area contributed by atoms with E-state index in [1.165, 1.54) is 0 Å². The van der Waals surface area contributed by atoms with Gasteiger partial charge in [0.25, 0.3) is 0 Å². The third-order valence-electron chi connectivity index (χ3n) is 2.86. The Morgan fingerprint density at radius 2 is 1.42 bits per heavy atom. The van der Waals surface area contributed by atoms with Crippen molar-refractivity contribution in [3.8, 4) is 11.5 Å². The Labute approximate surface area is 190 Å². The van der Waals surface area contributed by atoms with Crippen LogP contribution in [0.2, 0.25) is 0 Å². The molecule has 0 aliphatic heterocycles. The largest absolute Gasteiger partial charge is 1.00 e. The molecule has 26 heavy (non-hydrogen) atoms. The molecule has 0 heterocycles. The van der Waals surface area contributed by atoms with Crippen LogP contribution in [0.4, 0.5) is 0 Å². The van der Waals surface area contributed by atoms with E-state index in [1.807, 2.05) is 30.3 Å². The molecule has 0 spiro atoms. The zero-order chi connectivity index (χ0) is 17.6. The normalized spacial score (nSPS) is 8.88. The van der Waals surface area contributed by atoms with E-state index >= 15 is 0 Å². The van der Waals surface area contributed by atoms with Crippen LogP contribution in [-0.4, -0.2) is 44.8 Å². The topological polar surface area (TPSA) is 55.8 Å². The Bertz CT molecular complexity index is 623. The van der Waals surface area contributed by atoms with E-state index in [2.05, 4.69) is 0 Å². The van der Waals surface area contributed by atoms with Crippen LogP contribution in [-0.2, 0) is 6.61 Å². The fourth-order valence-corrected chi connectivity index (χ4v) is 1.94. The van der Waals surface area contributed by atoms with E-state index in [4.69, 9.17) is 37.8 Å². The number of ether oxygens (including phenoxy) is 2. The number of aliphatic hydroxyl groups excluding tert-OH is 1. The van der Waals surface area contributed by atoms with E-state index in [9.17, 15) is 4.79 Å². The molecule has 0 saturated heterocycles. The van der Waals surface area contributed by atoms with Gasteiger partial charge in [-0.15, -0.1) is 23.2 Å². The van der Waals surface area contributed by atoms with Crippen molar-refractivity contribution in [1.82, 2.24) is 0 Å². The van der Waals surface area contributed by atoms with E-state index in [1.54, 1.807) is 18.2 Å². The van der Waals surface area contributed by atoms with E-state index in [0.29, 0.717) is 42.0 Å². The summed E-state index contributed by atoms with van der Waals surface area (Å²) in [5, 5.41) is 8.90. The van der Waals surface area contributed by atoms with Crippen molar-refractivity contribution in [2.75, 3.05) is 25.0 Å². The number of carbonyl (C=O) groups is 1. The summed E-state index contributed by atoms with van der Waals surface area (Å²) >= 11 is 10.9. The van der Waals surface area contributed by atoms with Gasteiger partial charge in [-0.1, -0.05) is 30.3 Å². The van der Waals surface area contributed by atoms with Gasteiger partial charge in [-0.05, 0) is 18.2 Å². The van der Waals surface area contributed by atoms with Gasteiger partial charge in [-0.3, -0.25) is 4.79 Å². The zero-order valence-corrected chi connectivity index (χ0v) is 18.2. The molecule has 0 unspecified atom stereocenters. The number of aliphatic hydroxyl groups is 1. The van der Waals surface area contributed by atoms with E-state index in [-0.39, 0.29) is 46.0 Å². The quantitative estimate of drug-likeness (QED) is 0.398. The molecule has 2 aromatic rings. The summed E-state index contributed by atoms with van der Waals surface area (Å²) < 4.78 is 10.5. The molecule has 3 radical (unpaired) electrons. The Kier molecular flexibility index (Phi) is 18.8. The molecule has 0 atom stereocenters. The van der Waals surface area contributed by atoms with Gasteiger partial charge in [0.1, 0.15) is 24.7 Å². The SMILES string of the molecule is O=Cc1ccccc1OCCCl.OCc1ccccc1OCCCl.[B].[H-].[Na+]. The fraction of sp³-hybridized carbons (Fsp3) is 0.278. The molecule has 0 aliphatic carbocycles. The number of benzene rings is 2. The second-order valence-corrected chi connectivity index (χ2v) is 5.25. The summed E-state index contributed by atoms with van der Waals surface area (Å²) in [5.41, 5.74) is 1.35. The maximum absolute atomic E-state index is 10.5. The molecule has 0 amide bonds. The van der Waals surface area contributed by atoms with Gasteiger partial charge in [0.05, 0.1) is 23.9 Å². The standard InChI is InChI=1S/C9H11ClO2.C9H9ClO2.B.Na.H/c2*10-5-6-12-9-4-2-1-3-8(9)7-11;;;/h1-4,11H,5-7H2;1-4,7H,5-6H2;;;/q;;;+1;-1. The number of hydrogen-bond acceptors (Lipinski definition) is 4. The number of rotatable bonds is 8. The summed E-state index contributed by atoms with van der Waals surface area (Å²) in [6, 6.07) is 14.4. The molecular formula is C18H21BCl2NaO4. The number of para-hydroxylation sites is 2. The molecular weight excluding hydrogens is 385 g/mol. The van der Waals surface area contributed by atoms with Crippen molar-refractivity contribution in [1.29, 1.82) is 0 Å². The van der Waals surface area contributed by atoms with E-state index < -0.39 is 0 Å². The van der Waals surface area contributed by atoms with Crippen LogP contribution in [0, 0.1) is 0 Å². The second-order valence-electron chi connectivity index (χ2n) is 4.50. The van der Waals surface area contributed by atoms with Crippen LogP contribution in [0.15, 0.2) is 48.5 Å². The van der Waals surface area contributed by atoms with Gasteiger partial charge in [-0.2, -0.15) is 0 Å². The first-order chi connectivity index (χ1) is 11.8. The van der Waals surface area contributed by atoms with Gasteiger partial charge in [0.15, 0.2) is 6.29 Å². The molecule has 1 N–H and O–H groups in total. The van der Waals surface area contributed by atoms with Gasteiger partial charge in [0.2, 0.25) is 0 Å². The van der Waals surface area contributed by atoms with Crippen LogP contribution < -0.4 is 39.0 Å². The Hall–Kier alpha value is -0.685. The molecule has 0 aromatic heterocycles. The average molecular weight is 406 g/mol. The minimum atomic E-state index is -0.00153. The predicted octanol–water partition coefficient (Wildman–Crippen LogP) is 0.649. The number of carbonyl (C=O) groups excluding carboxylic acids is 1. The predicted molar refractivity (Wildman–Crippen MR) is 103 cm³/mol. The van der Waals surface area contributed by atoms with Crippen LogP contribution in [0.3, 0.4) is 0 Å². The molecule has 0 aliphatic rings. The second kappa shape index (κ2) is 17.7. The molecule has 8 heteroatoms. The number of aldehydes is 1. The zero-order valence-electron chi connectivity index (χ0n) is 15.7. The smallest absolute Gasteiger partial charge is 1.00 e. The maximum atomic E-state index is 10.5. The molecule has 0 fully saturated rings. The average Bonchev–Trinajstić information content (AvgIpc) is 2.65. The van der Waals surface area contributed by atoms with Crippen molar-refractivity contribution >= 4 is 37.9 Å². The summed E-state index contributed by atoms with van der Waals surface area (Å²) in [4.78, 5) is 10.5. The summed E-state index contributed by atoms with van der Waals surface area (Å²) in [6.07, 6.45) is 0.767. The van der Waals surface area contributed by atoms with Crippen molar-refractivity contribution in [3.63, 3.8) is 0 Å². The number of hydrogen-bond donors (Lipinski definition) is 1. The van der Waals surface area contributed by atoms with Crippen LogP contribution in [0.1, 0.15) is 17.3 Å².